The highest BCUT2D eigenvalue weighted by molar-refractivity contribution is 5.98. The molecule has 0 heterocycles. The van der Waals surface area contributed by atoms with Crippen molar-refractivity contribution < 1.29 is 28.7 Å². The fraction of sp³-hybridized carbons (Fsp3) is 0.524. The quantitative estimate of drug-likeness (QED) is 0.555. The van der Waals surface area contributed by atoms with Gasteiger partial charge in [-0.1, -0.05) is 6.92 Å². The average Bonchev–Trinajstić information content (AvgIpc) is 2.65. The smallest absolute Gasteiger partial charge is 0.408 e. The van der Waals surface area contributed by atoms with Gasteiger partial charge in [-0.15, -0.1) is 0 Å². The van der Waals surface area contributed by atoms with Gasteiger partial charge < -0.3 is 25.4 Å². The predicted molar refractivity (Wildman–Crippen MR) is 112 cm³/mol. The van der Waals surface area contributed by atoms with Gasteiger partial charge in [0.1, 0.15) is 17.7 Å². The second-order valence-electron chi connectivity index (χ2n) is 7.62. The van der Waals surface area contributed by atoms with E-state index in [0.29, 0.717) is 17.7 Å². The Bertz CT molecular complexity index is 755. The van der Waals surface area contributed by atoms with E-state index in [0.717, 1.165) is 0 Å². The molecule has 1 rings (SSSR count). The summed E-state index contributed by atoms with van der Waals surface area (Å²) < 4.78 is 10.1. The maximum atomic E-state index is 12.4. The SMILES string of the molecule is CCOC(=O)c1ccc(NC(=O)C(C)NC(=O)C(CC)NC(=O)OC(C)(C)C)cc1. The van der Waals surface area contributed by atoms with Crippen molar-refractivity contribution >= 4 is 29.6 Å². The van der Waals surface area contributed by atoms with E-state index in [9.17, 15) is 19.2 Å². The second kappa shape index (κ2) is 11.2. The number of anilines is 1. The Balaban J connectivity index is 2.62. The van der Waals surface area contributed by atoms with Crippen molar-refractivity contribution in [2.75, 3.05) is 11.9 Å². The lowest BCUT2D eigenvalue weighted by Gasteiger charge is -2.23. The summed E-state index contributed by atoms with van der Waals surface area (Å²) in [6.45, 7) is 10.4. The molecule has 9 heteroatoms. The van der Waals surface area contributed by atoms with Crippen LogP contribution in [0.25, 0.3) is 0 Å². The van der Waals surface area contributed by atoms with Crippen molar-refractivity contribution in [3.63, 3.8) is 0 Å². The van der Waals surface area contributed by atoms with Gasteiger partial charge in [-0.25, -0.2) is 9.59 Å². The van der Waals surface area contributed by atoms with E-state index in [2.05, 4.69) is 16.0 Å². The van der Waals surface area contributed by atoms with Crippen LogP contribution in [0.3, 0.4) is 0 Å². The van der Waals surface area contributed by atoms with E-state index in [1.807, 2.05) is 0 Å². The lowest BCUT2D eigenvalue weighted by atomic mass is 10.1. The topological polar surface area (TPSA) is 123 Å². The molecule has 0 aromatic heterocycles. The van der Waals surface area contributed by atoms with Gasteiger partial charge in [0.05, 0.1) is 12.2 Å². The Labute approximate surface area is 176 Å². The predicted octanol–water partition coefficient (Wildman–Crippen LogP) is 2.61. The summed E-state index contributed by atoms with van der Waals surface area (Å²) in [5.41, 5.74) is 0.151. The number of benzene rings is 1. The number of alkyl carbamates (subject to hydrolysis) is 1. The molecule has 9 nitrogen and oxygen atoms in total. The van der Waals surface area contributed by atoms with Crippen LogP contribution in [0.15, 0.2) is 24.3 Å². The summed E-state index contributed by atoms with van der Waals surface area (Å²) in [6, 6.07) is 4.52. The minimum Gasteiger partial charge on any atom is -0.462 e. The first-order chi connectivity index (χ1) is 14.0. The van der Waals surface area contributed by atoms with Gasteiger partial charge in [-0.3, -0.25) is 9.59 Å². The molecule has 1 aromatic carbocycles. The number of carbonyl (C=O) groups excluding carboxylic acids is 4. The highest BCUT2D eigenvalue weighted by atomic mass is 16.6. The third-order valence-electron chi connectivity index (χ3n) is 3.83. The van der Waals surface area contributed by atoms with Crippen LogP contribution >= 0.6 is 0 Å². The Hall–Kier alpha value is -3.10. The highest BCUT2D eigenvalue weighted by Gasteiger charge is 2.25. The molecule has 3 N–H and O–H groups in total. The summed E-state index contributed by atoms with van der Waals surface area (Å²) >= 11 is 0. The molecule has 1 aromatic rings. The summed E-state index contributed by atoms with van der Waals surface area (Å²) in [4.78, 5) is 48.3. The van der Waals surface area contributed by atoms with Crippen LogP contribution < -0.4 is 16.0 Å². The molecular formula is C21H31N3O6. The van der Waals surface area contributed by atoms with Crippen molar-refractivity contribution in [2.24, 2.45) is 0 Å². The summed E-state index contributed by atoms with van der Waals surface area (Å²) in [5, 5.41) is 7.72. The molecule has 166 valence electrons. The largest absolute Gasteiger partial charge is 0.462 e. The van der Waals surface area contributed by atoms with Crippen LogP contribution in [-0.4, -0.2) is 48.2 Å². The molecule has 0 fully saturated rings. The molecule has 2 unspecified atom stereocenters. The molecule has 0 saturated heterocycles. The lowest BCUT2D eigenvalue weighted by molar-refractivity contribution is -0.127. The molecule has 30 heavy (non-hydrogen) atoms. The zero-order valence-electron chi connectivity index (χ0n) is 18.3. The van der Waals surface area contributed by atoms with E-state index in [-0.39, 0.29) is 6.61 Å². The fourth-order valence-electron chi connectivity index (χ4n) is 2.34. The Kier molecular flexibility index (Phi) is 9.29. The summed E-state index contributed by atoms with van der Waals surface area (Å²) in [6.07, 6.45) is -0.377. The van der Waals surface area contributed by atoms with Crippen molar-refractivity contribution in [3.05, 3.63) is 29.8 Å². The van der Waals surface area contributed by atoms with Gasteiger partial charge in [0.2, 0.25) is 11.8 Å². The average molecular weight is 421 g/mol. The normalized spacial score (nSPS) is 12.9. The number of ether oxygens (including phenoxy) is 2. The summed E-state index contributed by atoms with van der Waals surface area (Å²) in [7, 11) is 0. The zero-order valence-corrected chi connectivity index (χ0v) is 18.3. The molecule has 2 atom stereocenters. The Morgan fingerprint density at radius 2 is 1.57 bits per heavy atom. The maximum Gasteiger partial charge on any atom is 0.408 e. The molecule has 0 aliphatic heterocycles. The molecule has 0 radical (unpaired) electrons. The monoisotopic (exact) mass is 421 g/mol. The molecule has 0 aliphatic rings. The number of hydrogen-bond acceptors (Lipinski definition) is 6. The Morgan fingerprint density at radius 3 is 2.07 bits per heavy atom. The first kappa shape index (κ1) is 24.9. The van der Waals surface area contributed by atoms with Gasteiger partial charge in [0.25, 0.3) is 0 Å². The van der Waals surface area contributed by atoms with E-state index in [1.54, 1.807) is 46.8 Å². The second-order valence-corrected chi connectivity index (χ2v) is 7.62. The number of esters is 1. The van der Waals surface area contributed by atoms with Crippen LogP contribution in [0.4, 0.5) is 10.5 Å². The van der Waals surface area contributed by atoms with Crippen LogP contribution in [0.1, 0.15) is 58.3 Å². The van der Waals surface area contributed by atoms with E-state index >= 15 is 0 Å². The van der Waals surface area contributed by atoms with Crippen molar-refractivity contribution in [3.8, 4) is 0 Å². The highest BCUT2D eigenvalue weighted by Crippen LogP contribution is 2.11. The van der Waals surface area contributed by atoms with Crippen molar-refractivity contribution in [2.45, 2.75) is 65.6 Å². The van der Waals surface area contributed by atoms with Gasteiger partial charge in [0, 0.05) is 5.69 Å². The number of nitrogens with one attached hydrogen (secondary N) is 3. The first-order valence-electron chi connectivity index (χ1n) is 9.84. The van der Waals surface area contributed by atoms with Crippen LogP contribution in [0.5, 0.6) is 0 Å². The van der Waals surface area contributed by atoms with E-state index in [1.165, 1.54) is 19.1 Å². The fourth-order valence-corrected chi connectivity index (χ4v) is 2.34. The third-order valence-corrected chi connectivity index (χ3v) is 3.83. The van der Waals surface area contributed by atoms with Crippen molar-refractivity contribution in [1.29, 1.82) is 0 Å². The lowest BCUT2D eigenvalue weighted by Crippen LogP contribution is -2.52. The third kappa shape index (κ3) is 8.50. The number of hydrogen-bond donors (Lipinski definition) is 3. The standard InChI is InChI=1S/C21H31N3O6/c1-7-16(24-20(28)30-21(4,5)6)18(26)22-13(3)17(25)23-15-11-9-14(10-12-15)19(27)29-8-2/h9-13,16H,7-8H2,1-6H3,(H,22,26)(H,23,25)(H,24,28). The van der Waals surface area contributed by atoms with Crippen LogP contribution in [-0.2, 0) is 19.1 Å². The zero-order chi connectivity index (χ0) is 22.9. The molecule has 0 aliphatic carbocycles. The number of rotatable bonds is 8. The maximum absolute atomic E-state index is 12.4. The number of amides is 3. The van der Waals surface area contributed by atoms with Crippen LogP contribution in [0.2, 0.25) is 0 Å². The minimum absolute atomic E-state index is 0.274. The van der Waals surface area contributed by atoms with Gasteiger partial charge in [0.15, 0.2) is 0 Å². The summed E-state index contributed by atoms with van der Waals surface area (Å²) in [5.74, 6) is -1.39. The van der Waals surface area contributed by atoms with Crippen LogP contribution in [0, 0.1) is 0 Å². The van der Waals surface area contributed by atoms with E-state index in [4.69, 9.17) is 9.47 Å². The van der Waals surface area contributed by atoms with Crippen molar-refractivity contribution in [1.82, 2.24) is 10.6 Å². The molecular weight excluding hydrogens is 390 g/mol. The first-order valence-corrected chi connectivity index (χ1v) is 9.84. The van der Waals surface area contributed by atoms with Gasteiger partial charge in [-0.05, 0) is 65.3 Å². The molecule has 0 bridgehead atoms. The number of carbonyl (C=O) groups is 4. The molecule has 3 amide bonds. The van der Waals surface area contributed by atoms with E-state index < -0.39 is 41.6 Å². The van der Waals surface area contributed by atoms with Gasteiger partial charge >= 0.3 is 12.1 Å². The Morgan fingerprint density at radius 1 is 0.967 bits per heavy atom. The molecule has 0 saturated carbocycles. The molecule has 0 spiro atoms. The van der Waals surface area contributed by atoms with Gasteiger partial charge in [-0.2, -0.15) is 0 Å². The minimum atomic E-state index is -0.850.